The molecular weight excluding hydrogens is 689 g/mol. The predicted molar refractivity (Wildman–Crippen MR) is 245 cm³/mol. The van der Waals surface area contributed by atoms with Crippen LogP contribution in [0.1, 0.15) is 111 Å². The Morgan fingerprint density at radius 3 is 1.12 bits per heavy atom. The molecule has 6 aromatic rings. The Kier molecular flexibility index (Phi) is 8.93. The largest absolute Gasteiger partial charge is 0.311 e. The van der Waals surface area contributed by atoms with Gasteiger partial charge in [-0.15, -0.1) is 0 Å². The van der Waals surface area contributed by atoms with Gasteiger partial charge < -0.3 is 9.80 Å². The third-order valence-corrected chi connectivity index (χ3v) is 12.1. The summed E-state index contributed by atoms with van der Waals surface area (Å²) in [7, 11) is 0. The van der Waals surface area contributed by atoms with Gasteiger partial charge in [0.05, 0.1) is 11.6 Å². The lowest BCUT2D eigenvalue weighted by molar-refractivity contribution is 0.590. The first-order valence-corrected chi connectivity index (χ1v) is 20.5. The normalized spacial score (nSPS) is 13.8. The zero-order valence-electron chi connectivity index (χ0n) is 36.0. The van der Waals surface area contributed by atoms with Gasteiger partial charge in [-0.3, -0.25) is 0 Å². The quantitative estimate of drug-likeness (QED) is 0.169. The zero-order valence-corrected chi connectivity index (χ0v) is 36.0. The molecule has 0 fully saturated rings. The van der Waals surface area contributed by atoms with Gasteiger partial charge in [-0.2, -0.15) is 5.26 Å². The van der Waals surface area contributed by atoms with Crippen molar-refractivity contribution in [2.75, 3.05) is 9.80 Å². The lowest BCUT2D eigenvalue weighted by atomic mass is 9.33. The summed E-state index contributed by atoms with van der Waals surface area (Å²) in [5, 5.41) is 9.70. The molecule has 3 nitrogen and oxygen atoms in total. The molecule has 0 unspecified atom stereocenters. The van der Waals surface area contributed by atoms with E-state index in [2.05, 4.69) is 208 Å². The Bertz CT molecular complexity index is 2400. The molecule has 0 aromatic heterocycles. The molecule has 0 saturated carbocycles. The lowest BCUT2D eigenvalue weighted by Gasteiger charge is -2.45. The molecule has 0 saturated heterocycles. The summed E-state index contributed by atoms with van der Waals surface area (Å²) in [6.45, 7) is 27.6. The first-order valence-electron chi connectivity index (χ1n) is 20.5. The van der Waals surface area contributed by atoms with Gasteiger partial charge in [-0.1, -0.05) is 144 Å². The van der Waals surface area contributed by atoms with E-state index in [0.29, 0.717) is 5.56 Å². The maximum absolute atomic E-state index is 9.70. The second-order valence-electron chi connectivity index (χ2n) is 20.4. The van der Waals surface area contributed by atoms with E-state index >= 15 is 0 Å². The number of hydrogen-bond donors (Lipinski definition) is 0. The summed E-state index contributed by atoms with van der Waals surface area (Å²) in [5.41, 5.74) is 19.2. The number of nitriles is 1. The van der Waals surface area contributed by atoms with Gasteiger partial charge in [0.1, 0.15) is 0 Å². The van der Waals surface area contributed by atoms with Gasteiger partial charge in [0, 0.05) is 34.1 Å². The maximum atomic E-state index is 9.70. The molecule has 0 spiro atoms. The van der Waals surface area contributed by atoms with E-state index in [-0.39, 0.29) is 28.4 Å². The van der Waals surface area contributed by atoms with Gasteiger partial charge in [-0.25, -0.2) is 0 Å². The van der Waals surface area contributed by atoms with Crippen molar-refractivity contribution in [1.82, 2.24) is 0 Å². The SMILES string of the molecule is CC(C)(C)c1ccc(N2c3ccc(C(C)(C)C)cc3B3c4cc(C(C)(C)C)ccc4N(c4ccc(C(C)(C)C)cc4)c4cc(-c5ccc(C#N)cc5)cc2c43)cc1. The van der Waals surface area contributed by atoms with Crippen molar-refractivity contribution in [2.45, 2.75) is 105 Å². The minimum atomic E-state index is -0.0254. The van der Waals surface area contributed by atoms with E-state index in [1.807, 2.05) is 12.1 Å². The van der Waals surface area contributed by atoms with Crippen LogP contribution >= 0.6 is 0 Å². The highest BCUT2D eigenvalue weighted by Crippen LogP contribution is 2.47. The molecular formula is C53H56BN3. The molecule has 57 heavy (non-hydrogen) atoms. The highest BCUT2D eigenvalue weighted by atomic mass is 15.2. The number of hydrogen-bond acceptors (Lipinski definition) is 3. The summed E-state index contributed by atoms with van der Waals surface area (Å²) < 4.78 is 0. The monoisotopic (exact) mass is 745 g/mol. The number of benzene rings is 6. The van der Waals surface area contributed by atoms with Crippen LogP contribution in [0.4, 0.5) is 34.1 Å². The van der Waals surface area contributed by atoms with Crippen molar-refractivity contribution in [1.29, 1.82) is 5.26 Å². The van der Waals surface area contributed by atoms with Crippen molar-refractivity contribution in [3.63, 3.8) is 0 Å². The van der Waals surface area contributed by atoms with Gasteiger partial charge >= 0.3 is 0 Å². The van der Waals surface area contributed by atoms with Crippen molar-refractivity contribution in [3.8, 4) is 17.2 Å². The fourth-order valence-electron chi connectivity index (χ4n) is 8.62. The van der Waals surface area contributed by atoms with Crippen LogP contribution < -0.4 is 26.2 Å². The topological polar surface area (TPSA) is 30.3 Å². The summed E-state index contributed by atoms with van der Waals surface area (Å²) in [6.07, 6.45) is 0. The van der Waals surface area contributed by atoms with E-state index in [4.69, 9.17) is 0 Å². The number of anilines is 6. The smallest absolute Gasteiger partial charge is 0.252 e. The van der Waals surface area contributed by atoms with Crippen molar-refractivity contribution in [3.05, 3.63) is 149 Å². The maximum Gasteiger partial charge on any atom is 0.252 e. The second-order valence-corrected chi connectivity index (χ2v) is 20.4. The first kappa shape index (κ1) is 38.4. The molecule has 0 radical (unpaired) electrons. The average molecular weight is 746 g/mol. The molecule has 0 bridgehead atoms. The Hall–Kier alpha value is -5.53. The van der Waals surface area contributed by atoms with Crippen LogP contribution in [0.2, 0.25) is 0 Å². The summed E-state index contributed by atoms with van der Waals surface area (Å²) in [4.78, 5) is 5.02. The van der Waals surface area contributed by atoms with Crippen LogP contribution in [0.3, 0.4) is 0 Å². The van der Waals surface area contributed by atoms with Crippen LogP contribution in [0.25, 0.3) is 11.1 Å². The Morgan fingerprint density at radius 2 is 0.772 bits per heavy atom. The molecule has 6 aromatic carbocycles. The van der Waals surface area contributed by atoms with Crippen LogP contribution in [0, 0.1) is 11.3 Å². The second kappa shape index (κ2) is 13.3. The number of rotatable bonds is 3. The molecule has 4 heteroatoms. The Labute approximate surface area is 342 Å². The minimum Gasteiger partial charge on any atom is -0.311 e. The molecule has 2 aliphatic rings. The van der Waals surface area contributed by atoms with E-state index < -0.39 is 0 Å². The third kappa shape index (κ3) is 6.76. The molecule has 286 valence electrons. The molecule has 2 aliphatic heterocycles. The number of fused-ring (bicyclic) bond motifs is 4. The van der Waals surface area contributed by atoms with E-state index in [1.165, 1.54) is 61.4 Å². The Balaban J connectivity index is 1.50. The van der Waals surface area contributed by atoms with Crippen LogP contribution in [0.15, 0.2) is 121 Å². The first-order chi connectivity index (χ1) is 26.7. The van der Waals surface area contributed by atoms with Crippen molar-refractivity contribution in [2.24, 2.45) is 0 Å². The van der Waals surface area contributed by atoms with Gasteiger partial charge in [-0.05, 0) is 132 Å². The third-order valence-electron chi connectivity index (χ3n) is 12.1. The van der Waals surface area contributed by atoms with E-state index in [1.54, 1.807) is 0 Å². The van der Waals surface area contributed by atoms with Crippen LogP contribution in [-0.4, -0.2) is 6.71 Å². The summed E-state index contributed by atoms with van der Waals surface area (Å²) >= 11 is 0. The summed E-state index contributed by atoms with van der Waals surface area (Å²) in [5.74, 6) is 0. The average Bonchev–Trinajstić information content (AvgIpc) is 3.16. The molecule has 2 heterocycles. The molecule has 0 amide bonds. The van der Waals surface area contributed by atoms with Crippen LogP contribution in [0.5, 0.6) is 0 Å². The predicted octanol–water partition coefficient (Wildman–Crippen LogP) is 12.5. The van der Waals surface area contributed by atoms with Crippen molar-refractivity contribution < 1.29 is 0 Å². The van der Waals surface area contributed by atoms with E-state index in [0.717, 1.165) is 22.5 Å². The molecule has 0 atom stereocenters. The van der Waals surface area contributed by atoms with Gasteiger partial charge in [0.2, 0.25) is 0 Å². The lowest BCUT2D eigenvalue weighted by Crippen LogP contribution is -2.61. The van der Waals surface area contributed by atoms with Crippen LogP contribution in [-0.2, 0) is 21.7 Å². The number of nitrogens with zero attached hydrogens (tertiary/aromatic N) is 3. The summed E-state index contributed by atoms with van der Waals surface area (Å²) in [6, 6.07) is 48.0. The molecule has 0 N–H and O–H groups in total. The minimum absolute atomic E-state index is 0.00908. The van der Waals surface area contributed by atoms with E-state index in [9.17, 15) is 5.26 Å². The standard InChI is InChI=1S/C53H56BN3/c1-50(2,3)37-17-23-41(24-18-37)56-45-27-21-39(52(7,8)9)31-43(45)54-44-32-40(53(10,11)12)22-28-46(44)57(42-25-19-38(20-26-42)51(4,5)6)48-30-36(29-47(56)49(48)54)35-15-13-34(33-55)14-16-35/h13-32H,1-12H3. The fraction of sp³-hybridized carbons (Fsp3) is 0.302. The highest BCUT2D eigenvalue weighted by Gasteiger charge is 2.44. The van der Waals surface area contributed by atoms with Gasteiger partial charge in [0.25, 0.3) is 6.71 Å². The zero-order chi connectivity index (χ0) is 40.8. The van der Waals surface area contributed by atoms with Crippen molar-refractivity contribution >= 4 is 57.2 Å². The van der Waals surface area contributed by atoms with Gasteiger partial charge in [0.15, 0.2) is 0 Å². The molecule has 8 rings (SSSR count). The fourth-order valence-corrected chi connectivity index (χ4v) is 8.62. The Morgan fingerprint density at radius 1 is 0.404 bits per heavy atom. The highest BCUT2D eigenvalue weighted by molar-refractivity contribution is 7.00. The molecule has 0 aliphatic carbocycles.